The highest BCUT2D eigenvalue weighted by Gasteiger charge is 2.21. The van der Waals surface area contributed by atoms with Crippen LogP contribution in [0.1, 0.15) is 25.8 Å². The van der Waals surface area contributed by atoms with Crippen molar-refractivity contribution in [3.8, 4) is 10.7 Å². The Morgan fingerprint density at radius 3 is 2.76 bits per heavy atom. The molecule has 2 heterocycles. The van der Waals surface area contributed by atoms with E-state index in [-0.39, 0.29) is 11.8 Å². The molecule has 0 aliphatic heterocycles. The van der Waals surface area contributed by atoms with Gasteiger partial charge in [-0.2, -0.15) is 5.10 Å². The summed E-state index contributed by atoms with van der Waals surface area (Å²) in [5, 5.41) is 15.2. The van der Waals surface area contributed by atoms with Gasteiger partial charge in [-0.3, -0.25) is 19.3 Å². The van der Waals surface area contributed by atoms with E-state index in [4.69, 9.17) is 23.8 Å². The van der Waals surface area contributed by atoms with Crippen LogP contribution in [0.3, 0.4) is 0 Å². The minimum absolute atomic E-state index is 0.119. The summed E-state index contributed by atoms with van der Waals surface area (Å²) >= 11 is 12.6. The highest BCUT2D eigenvalue weighted by Crippen LogP contribution is 2.25. The van der Waals surface area contributed by atoms with Gasteiger partial charge in [0, 0.05) is 23.7 Å². The van der Waals surface area contributed by atoms with Gasteiger partial charge < -0.3 is 10.6 Å². The largest absolute Gasteiger partial charge is 0.354 e. The number of rotatable bonds is 8. The molecule has 0 spiro atoms. The number of hydrogen-bond acceptors (Lipinski definition) is 5. The zero-order chi connectivity index (χ0) is 20.8. The van der Waals surface area contributed by atoms with Gasteiger partial charge >= 0.3 is 0 Å². The first-order valence-corrected chi connectivity index (χ1v) is 10.7. The zero-order valence-corrected chi connectivity index (χ0v) is 18.0. The molecule has 7 nitrogen and oxygen atoms in total. The van der Waals surface area contributed by atoms with Gasteiger partial charge in [0.1, 0.15) is 6.04 Å². The van der Waals surface area contributed by atoms with Gasteiger partial charge in [0.15, 0.2) is 10.6 Å². The van der Waals surface area contributed by atoms with E-state index in [1.54, 1.807) is 35.8 Å². The summed E-state index contributed by atoms with van der Waals surface area (Å²) in [6.45, 7) is 2.15. The van der Waals surface area contributed by atoms with Gasteiger partial charge in [-0.25, -0.2) is 0 Å². The molecule has 1 atom stereocenters. The van der Waals surface area contributed by atoms with E-state index in [1.807, 2.05) is 17.5 Å². The predicted molar refractivity (Wildman–Crippen MR) is 118 cm³/mol. The summed E-state index contributed by atoms with van der Waals surface area (Å²) in [6, 6.07) is 10.2. The molecule has 2 amide bonds. The van der Waals surface area contributed by atoms with Crippen molar-refractivity contribution < 1.29 is 9.59 Å². The van der Waals surface area contributed by atoms with E-state index in [0.29, 0.717) is 40.7 Å². The highest BCUT2D eigenvalue weighted by atomic mass is 35.5. The van der Waals surface area contributed by atoms with Crippen molar-refractivity contribution in [1.82, 2.24) is 20.1 Å². The second-order valence-electron chi connectivity index (χ2n) is 6.33. The summed E-state index contributed by atoms with van der Waals surface area (Å²) in [5.74, 6) is 0.333. The zero-order valence-electron chi connectivity index (χ0n) is 15.6. The molecule has 3 rings (SSSR count). The summed E-state index contributed by atoms with van der Waals surface area (Å²) in [5.41, 5.74) is 0.687. The number of H-pyrrole nitrogens is 1. The molecule has 0 radical (unpaired) electrons. The number of amides is 2. The number of thiophene rings is 1. The number of carbonyl (C=O) groups excluding carboxylic acids is 2. The Bertz CT molecular complexity index is 1030. The van der Waals surface area contributed by atoms with Crippen LogP contribution in [-0.4, -0.2) is 33.1 Å². The van der Waals surface area contributed by atoms with Gasteiger partial charge in [0.05, 0.1) is 4.88 Å². The number of halogens is 1. The molecule has 0 saturated heterocycles. The Hall–Kier alpha value is -2.49. The summed E-state index contributed by atoms with van der Waals surface area (Å²) in [6.07, 6.45) is 0.815. The maximum atomic E-state index is 12.6. The van der Waals surface area contributed by atoms with E-state index in [2.05, 4.69) is 20.8 Å². The van der Waals surface area contributed by atoms with Crippen molar-refractivity contribution in [2.75, 3.05) is 11.9 Å². The van der Waals surface area contributed by atoms with E-state index in [0.717, 1.165) is 4.88 Å². The Balaban J connectivity index is 1.49. The van der Waals surface area contributed by atoms with Crippen LogP contribution in [0, 0.1) is 4.77 Å². The maximum Gasteiger partial charge on any atom is 0.242 e. The lowest BCUT2D eigenvalue weighted by molar-refractivity contribution is -0.124. The van der Waals surface area contributed by atoms with E-state index in [9.17, 15) is 9.59 Å². The van der Waals surface area contributed by atoms with Gasteiger partial charge in [-0.05, 0) is 61.3 Å². The molecule has 1 aromatic carbocycles. The monoisotopic (exact) mass is 449 g/mol. The van der Waals surface area contributed by atoms with Crippen LogP contribution in [-0.2, 0) is 9.59 Å². The number of benzene rings is 1. The van der Waals surface area contributed by atoms with Crippen molar-refractivity contribution >= 4 is 52.7 Å². The van der Waals surface area contributed by atoms with Gasteiger partial charge in [0.25, 0.3) is 0 Å². The Morgan fingerprint density at radius 2 is 2.07 bits per heavy atom. The van der Waals surface area contributed by atoms with Crippen LogP contribution in [0.25, 0.3) is 10.7 Å². The molecule has 29 heavy (non-hydrogen) atoms. The van der Waals surface area contributed by atoms with Gasteiger partial charge in [-0.15, -0.1) is 11.3 Å². The van der Waals surface area contributed by atoms with Crippen molar-refractivity contribution in [1.29, 1.82) is 0 Å². The number of carbonyl (C=O) groups is 2. The Labute approximate surface area is 182 Å². The van der Waals surface area contributed by atoms with Crippen molar-refractivity contribution in [3.05, 3.63) is 51.6 Å². The molecular weight excluding hydrogens is 430 g/mol. The standard InChI is InChI=1S/C19H20ClN5O2S2/c1-12(25-17(23-24-19(25)28)15-4-3-11-29-15)18(27)21-10-2-5-16(26)22-14-8-6-13(20)7-9-14/h3-4,6-9,11-12H,2,5,10H2,1H3,(H,21,27)(H,22,26)(H,24,28). The second kappa shape index (κ2) is 9.82. The quantitative estimate of drug-likeness (QED) is 0.350. The van der Waals surface area contributed by atoms with Crippen LogP contribution in [0.5, 0.6) is 0 Å². The second-order valence-corrected chi connectivity index (χ2v) is 8.10. The molecule has 152 valence electrons. The maximum absolute atomic E-state index is 12.6. The van der Waals surface area contributed by atoms with Crippen LogP contribution in [0.15, 0.2) is 41.8 Å². The SMILES string of the molecule is CC(C(=O)NCCCC(=O)Nc1ccc(Cl)cc1)n1c(-c2cccs2)n[nH]c1=S. The third kappa shape index (κ3) is 5.53. The molecular formula is C19H20ClN5O2S2. The number of nitrogens with one attached hydrogen (secondary N) is 3. The van der Waals surface area contributed by atoms with Crippen LogP contribution >= 0.6 is 35.2 Å². The van der Waals surface area contributed by atoms with Crippen LogP contribution in [0.4, 0.5) is 5.69 Å². The first-order chi connectivity index (χ1) is 14.0. The lowest BCUT2D eigenvalue weighted by Gasteiger charge is -2.15. The Morgan fingerprint density at radius 1 is 1.31 bits per heavy atom. The number of hydrogen-bond donors (Lipinski definition) is 3. The molecule has 0 bridgehead atoms. The first-order valence-electron chi connectivity index (χ1n) is 8.99. The van der Waals surface area contributed by atoms with Crippen LogP contribution in [0.2, 0.25) is 5.02 Å². The van der Waals surface area contributed by atoms with Gasteiger partial charge in [-0.1, -0.05) is 17.7 Å². The lowest BCUT2D eigenvalue weighted by Crippen LogP contribution is -2.32. The minimum Gasteiger partial charge on any atom is -0.354 e. The molecule has 3 aromatic rings. The highest BCUT2D eigenvalue weighted by molar-refractivity contribution is 7.71. The summed E-state index contributed by atoms with van der Waals surface area (Å²) in [7, 11) is 0. The molecule has 0 aliphatic carbocycles. The number of aromatic amines is 1. The number of anilines is 1. The fourth-order valence-electron chi connectivity index (χ4n) is 2.73. The third-order valence-corrected chi connectivity index (χ3v) is 5.63. The van der Waals surface area contributed by atoms with Crippen LogP contribution < -0.4 is 10.6 Å². The van der Waals surface area contributed by atoms with Crippen molar-refractivity contribution in [3.63, 3.8) is 0 Å². The average molecular weight is 450 g/mol. The van der Waals surface area contributed by atoms with E-state index >= 15 is 0 Å². The predicted octanol–water partition coefficient (Wildman–Crippen LogP) is 4.42. The molecule has 0 aliphatic rings. The lowest BCUT2D eigenvalue weighted by atomic mass is 10.2. The van der Waals surface area contributed by atoms with E-state index in [1.165, 1.54) is 11.3 Å². The van der Waals surface area contributed by atoms with E-state index < -0.39 is 6.04 Å². The minimum atomic E-state index is -0.527. The smallest absolute Gasteiger partial charge is 0.242 e. The van der Waals surface area contributed by atoms with Crippen molar-refractivity contribution in [2.24, 2.45) is 0 Å². The van der Waals surface area contributed by atoms with Gasteiger partial charge in [0.2, 0.25) is 11.8 Å². The normalized spacial score (nSPS) is 11.8. The first kappa shape index (κ1) is 21.2. The summed E-state index contributed by atoms with van der Waals surface area (Å²) < 4.78 is 2.09. The molecule has 10 heteroatoms. The summed E-state index contributed by atoms with van der Waals surface area (Å²) in [4.78, 5) is 25.5. The molecule has 2 aromatic heterocycles. The molecule has 0 fully saturated rings. The fourth-order valence-corrected chi connectivity index (χ4v) is 3.85. The Kier molecular flexibility index (Phi) is 7.18. The fraction of sp³-hybridized carbons (Fsp3) is 0.263. The topological polar surface area (TPSA) is 91.8 Å². The number of nitrogens with zero attached hydrogens (tertiary/aromatic N) is 2. The molecule has 3 N–H and O–H groups in total. The third-order valence-electron chi connectivity index (χ3n) is 4.22. The molecule has 1 unspecified atom stereocenters. The van der Waals surface area contributed by atoms with Crippen molar-refractivity contribution in [2.45, 2.75) is 25.8 Å². The number of aromatic nitrogens is 3. The average Bonchev–Trinajstić information content (AvgIpc) is 3.36. The molecule has 0 saturated carbocycles.